The van der Waals surface area contributed by atoms with Gasteiger partial charge >= 0.3 is 5.97 Å². The predicted molar refractivity (Wildman–Crippen MR) is 87.8 cm³/mol. The second-order valence-corrected chi connectivity index (χ2v) is 6.87. The highest BCUT2D eigenvalue weighted by Crippen LogP contribution is 2.29. The summed E-state index contributed by atoms with van der Waals surface area (Å²) >= 11 is 3.44. The van der Waals surface area contributed by atoms with Crippen LogP contribution >= 0.6 is 23.7 Å². The third-order valence-corrected chi connectivity index (χ3v) is 5.35. The largest absolute Gasteiger partial charge is 0.490 e. The maximum atomic E-state index is 11.0. The van der Waals surface area contributed by atoms with Crippen LogP contribution in [0, 0.1) is 5.92 Å². The molecule has 0 bridgehead atoms. The van der Waals surface area contributed by atoms with Crippen LogP contribution in [-0.2, 0) is 4.79 Å². The number of ether oxygens (including phenoxy) is 1. The van der Waals surface area contributed by atoms with Gasteiger partial charge in [0.25, 0.3) is 0 Å². The van der Waals surface area contributed by atoms with Crippen molar-refractivity contribution >= 4 is 29.7 Å². The van der Waals surface area contributed by atoms with Gasteiger partial charge in [0, 0.05) is 17.2 Å². The molecule has 1 aromatic rings. The van der Waals surface area contributed by atoms with Gasteiger partial charge in [-0.25, -0.2) is 4.31 Å². The van der Waals surface area contributed by atoms with Gasteiger partial charge in [0.05, 0.1) is 11.8 Å². The highest BCUT2D eigenvalue weighted by atomic mass is 32.2. The Morgan fingerprint density at radius 1 is 1.52 bits per heavy atom. The highest BCUT2D eigenvalue weighted by molar-refractivity contribution is 8.01. The van der Waals surface area contributed by atoms with Gasteiger partial charge in [0.15, 0.2) is 0 Å². The second-order valence-electron chi connectivity index (χ2n) is 4.67. The van der Waals surface area contributed by atoms with Gasteiger partial charge in [-0.15, -0.1) is 11.8 Å². The molecule has 1 saturated heterocycles. The van der Waals surface area contributed by atoms with Crippen molar-refractivity contribution in [3.8, 4) is 5.75 Å². The Labute approximate surface area is 133 Å². The summed E-state index contributed by atoms with van der Waals surface area (Å²) < 4.78 is 7.57. The fraction of sp³-hybridized carbons (Fsp3) is 0.400. The first-order valence-electron chi connectivity index (χ1n) is 6.76. The number of aliphatic carboxylic acids is 1. The lowest BCUT2D eigenvalue weighted by atomic mass is 10.1. The summed E-state index contributed by atoms with van der Waals surface area (Å²) in [4.78, 5) is 12.2. The van der Waals surface area contributed by atoms with E-state index < -0.39 is 5.97 Å². The minimum absolute atomic E-state index is 0.235. The molecule has 1 aliphatic heterocycles. The molecule has 1 atom stereocenters. The number of rotatable bonds is 7. The summed E-state index contributed by atoms with van der Waals surface area (Å²) in [5, 5.41) is 9.08. The van der Waals surface area contributed by atoms with Crippen LogP contribution in [0.25, 0.3) is 0 Å². The summed E-state index contributed by atoms with van der Waals surface area (Å²) in [5.41, 5.74) is 0. The first kappa shape index (κ1) is 16.3. The smallest absolute Gasteiger partial charge is 0.307 e. The molecule has 0 radical (unpaired) electrons. The number of hydrogen-bond acceptors (Lipinski definition) is 5. The Morgan fingerprint density at radius 2 is 2.29 bits per heavy atom. The van der Waals surface area contributed by atoms with E-state index in [1.165, 1.54) is 0 Å². The molecule has 0 amide bonds. The number of carboxylic acids is 1. The lowest BCUT2D eigenvalue weighted by Gasteiger charge is -2.29. The molecule has 1 fully saturated rings. The molecule has 0 aromatic heterocycles. The zero-order chi connectivity index (χ0) is 15.1. The highest BCUT2D eigenvalue weighted by Gasteiger charge is 2.25. The SMILES string of the molecule is C=CCOc1ccc(SCN2CC(C(=O)O)CCS2)cc1. The lowest BCUT2D eigenvalue weighted by Crippen LogP contribution is -2.33. The second kappa shape index (κ2) is 8.36. The van der Waals surface area contributed by atoms with Crippen molar-refractivity contribution in [1.29, 1.82) is 0 Å². The molecule has 4 nitrogen and oxygen atoms in total. The molecule has 1 aliphatic rings. The van der Waals surface area contributed by atoms with Crippen LogP contribution in [0.3, 0.4) is 0 Å². The van der Waals surface area contributed by atoms with E-state index in [1.807, 2.05) is 24.3 Å². The van der Waals surface area contributed by atoms with Crippen LogP contribution in [-0.4, -0.2) is 40.2 Å². The topological polar surface area (TPSA) is 49.8 Å². The van der Waals surface area contributed by atoms with E-state index in [2.05, 4.69) is 10.9 Å². The molecule has 1 N–H and O–H groups in total. The van der Waals surface area contributed by atoms with Crippen molar-refractivity contribution < 1.29 is 14.6 Å². The van der Waals surface area contributed by atoms with Crippen molar-refractivity contribution in [3.05, 3.63) is 36.9 Å². The van der Waals surface area contributed by atoms with Crippen molar-refractivity contribution in [3.63, 3.8) is 0 Å². The minimum Gasteiger partial charge on any atom is -0.490 e. The van der Waals surface area contributed by atoms with E-state index in [0.29, 0.717) is 13.2 Å². The van der Waals surface area contributed by atoms with Gasteiger partial charge in [-0.1, -0.05) is 24.6 Å². The van der Waals surface area contributed by atoms with Crippen molar-refractivity contribution in [2.75, 3.05) is 24.8 Å². The molecular weight excluding hydrogens is 306 g/mol. The Kier molecular flexibility index (Phi) is 6.48. The fourth-order valence-electron chi connectivity index (χ4n) is 1.94. The van der Waals surface area contributed by atoms with Gasteiger partial charge in [0.1, 0.15) is 12.4 Å². The van der Waals surface area contributed by atoms with Crippen molar-refractivity contribution in [1.82, 2.24) is 4.31 Å². The third-order valence-electron chi connectivity index (χ3n) is 3.08. The third kappa shape index (κ3) is 5.30. The van der Waals surface area contributed by atoms with Crippen LogP contribution in [0.15, 0.2) is 41.8 Å². The Morgan fingerprint density at radius 3 is 2.95 bits per heavy atom. The molecule has 0 aliphatic carbocycles. The van der Waals surface area contributed by atoms with E-state index in [1.54, 1.807) is 29.8 Å². The first-order valence-corrected chi connectivity index (χ1v) is 8.69. The molecule has 21 heavy (non-hydrogen) atoms. The van der Waals surface area contributed by atoms with Gasteiger partial charge in [0.2, 0.25) is 0 Å². The van der Waals surface area contributed by atoms with Gasteiger partial charge in [-0.05, 0) is 30.7 Å². The molecule has 1 aromatic carbocycles. The van der Waals surface area contributed by atoms with Gasteiger partial charge in [-0.3, -0.25) is 4.79 Å². The molecule has 6 heteroatoms. The Balaban J connectivity index is 1.79. The lowest BCUT2D eigenvalue weighted by molar-refractivity contribution is -0.142. The zero-order valence-corrected chi connectivity index (χ0v) is 13.4. The average Bonchev–Trinajstić information content (AvgIpc) is 2.52. The number of nitrogens with zero attached hydrogens (tertiary/aromatic N) is 1. The summed E-state index contributed by atoms with van der Waals surface area (Å²) in [6, 6.07) is 7.92. The van der Waals surface area contributed by atoms with E-state index in [0.717, 1.165) is 28.7 Å². The molecular formula is C15H19NO3S2. The summed E-state index contributed by atoms with van der Waals surface area (Å²) in [6.07, 6.45) is 2.48. The summed E-state index contributed by atoms with van der Waals surface area (Å²) in [5.74, 6) is 1.58. The normalized spacial score (nSPS) is 19.1. The van der Waals surface area contributed by atoms with Crippen LogP contribution in [0.5, 0.6) is 5.75 Å². The summed E-state index contributed by atoms with van der Waals surface area (Å²) in [6.45, 7) is 4.74. The van der Waals surface area contributed by atoms with Crippen molar-refractivity contribution in [2.45, 2.75) is 11.3 Å². The molecule has 114 valence electrons. The molecule has 1 heterocycles. The quantitative estimate of drug-likeness (QED) is 0.471. The van der Waals surface area contributed by atoms with E-state index in [9.17, 15) is 4.79 Å². The summed E-state index contributed by atoms with van der Waals surface area (Å²) in [7, 11) is 0. The molecule has 1 unspecified atom stereocenters. The number of hydrogen-bond donors (Lipinski definition) is 1. The van der Waals surface area contributed by atoms with E-state index in [4.69, 9.17) is 9.84 Å². The predicted octanol–water partition coefficient (Wildman–Crippen LogP) is 3.36. The minimum atomic E-state index is -0.686. The van der Waals surface area contributed by atoms with Crippen molar-refractivity contribution in [2.24, 2.45) is 5.92 Å². The van der Waals surface area contributed by atoms with E-state index >= 15 is 0 Å². The van der Waals surface area contributed by atoms with Crippen LogP contribution in [0.2, 0.25) is 0 Å². The molecule has 2 rings (SSSR count). The number of thioether (sulfide) groups is 1. The maximum Gasteiger partial charge on any atom is 0.307 e. The fourth-order valence-corrected chi connectivity index (χ4v) is 4.06. The molecule has 0 saturated carbocycles. The van der Waals surface area contributed by atoms with Crippen LogP contribution in [0.1, 0.15) is 6.42 Å². The van der Waals surface area contributed by atoms with Gasteiger partial charge < -0.3 is 9.84 Å². The zero-order valence-electron chi connectivity index (χ0n) is 11.7. The Bertz CT molecular complexity index is 478. The van der Waals surface area contributed by atoms with Crippen LogP contribution in [0.4, 0.5) is 0 Å². The molecule has 0 spiro atoms. The Hall–Kier alpha value is -1.11. The standard InChI is InChI=1S/C15H19NO3S2/c1-2-8-19-13-3-5-14(6-4-13)20-11-16-10-12(15(17)18)7-9-21-16/h2-6,12H,1,7-11H2,(H,17,18). The van der Waals surface area contributed by atoms with Crippen LogP contribution < -0.4 is 4.74 Å². The number of benzene rings is 1. The maximum absolute atomic E-state index is 11.0. The first-order chi connectivity index (χ1) is 10.2. The monoisotopic (exact) mass is 325 g/mol. The average molecular weight is 325 g/mol. The number of carboxylic acid groups (broad SMARTS) is 1. The number of carbonyl (C=O) groups is 1. The van der Waals surface area contributed by atoms with E-state index in [-0.39, 0.29) is 5.92 Å². The van der Waals surface area contributed by atoms with Gasteiger partial charge in [-0.2, -0.15) is 0 Å².